The van der Waals surface area contributed by atoms with Gasteiger partial charge in [0.25, 0.3) is 0 Å². The molecular weight excluding hydrogens is 579 g/mol. The van der Waals surface area contributed by atoms with Crippen molar-refractivity contribution >= 4 is 19.8 Å². The molecule has 0 radical (unpaired) electrons. The van der Waals surface area contributed by atoms with Crippen LogP contribution in [0.4, 0.5) is 0 Å². The summed E-state index contributed by atoms with van der Waals surface area (Å²) < 4.78 is 26.2. The molecule has 8 nitrogen and oxygen atoms in total. The highest BCUT2D eigenvalue weighted by molar-refractivity contribution is 7.46. The van der Waals surface area contributed by atoms with E-state index in [1.54, 1.807) is 0 Å². The van der Waals surface area contributed by atoms with Gasteiger partial charge in [-0.2, -0.15) is 0 Å². The predicted octanol–water partition coefficient (Wildman–Crippen LogP) is 10.3. The number of rotatable bonds is 33. The number of esters is 2. The Labute approximate surface area is 269 Å². The fourth-order valence-corrected chi connectivity index (χ4v) is 5.43. The summed E-state index contributed by atoms with van der Waals surface area (Å²) in [6, 6.07) is 0. The van der Waals surface area contributed by atoms with Crippen LogP contribution in [0.3, 0.4) is 0 Å². The van der Waals surface area contributed by atoms with E-state index in [1.165, 1.54) is 96.3 Å². The minimum atomic E-state index is -4.74. The average Bonchev–Trinajstić information content (AvgIpc) is 2.98. The molecule has 0 fully saturated rings. The summed E-state index contributed by atoms with van der Waals surface area (Å²) >= 11 is 0. The molecule has 0 saturated carbocycles. The van der Waals surface area contributed by atoms with Crippen molar-refractivity contribution in [3.8, 4) is 0 Å². The largest absolute Gasteiger partial charge is 0.469 e. The Morgan fingerprint density at radius 2 is 0.955 bits per heavy atom. The molecule has 0 heterocycles. The number of phosphoric acid groups is 1. The van der Waals surface area contributed by atoms with Gasteiger partial charge in [-0.15, -0.1) is 0 Å². The van der Waals surface area contributed by atoms with Crippen LogP contribution in [0.2, 0.25) is 0 Å². The van der Waals surface area contributed by atoms with Gasteiger partial charge in [0.05, 0.1) is 6.61 Å². The molecule has 0 bridgehead atoms. The summed E-state index contributed by atoms with van der Waals surface area (Å²) in [7, 11) is -4.74. The highest BCUT2D eigenvalue weighted by atomic mass is 31.2. The molecule has 1 unspecified atom stereocenters. The van der Waals surface area contributed by atoms with Crippen molar-refractivity contribution in [3.05, 3.63) is 12.2 Å². The van der Waals surface area contributed by atoms with Gasteiger partial charge in [-0.1, -0.05) is 142 Å². The van der Waals surface area contributed by atoms with E-state index in [2.05, 4.69) is 30.5 Å². The van der Waals surface area contributed by atoms with E-state index in [4.69, 9.17) is 19.3 Å². The Kier molecular flexibility index (Phi) is 30.9. The molecule has 0 aromatic heterocycles. The zero-order chi connectivity index (χ0) is 32.6. The summed E-state index contributed by atoms with van der Waals surface area (Å²) in [6.45, 7) is 3.65. The summed E-state index contributed by atoms with van der Waals surface area (Å²) in [5.41, 5.74) is 0. The van der Waals surface area contributed by atoms with E-state index >= 15 is 0 Å². The van der Waals surface area contributed by atoms with Gasteiger partial charge in [-0.05, 0) is 38.5 Å². The Hall–Kier alpha value is -1.21. The molecule has 0 aliphatic rings. The fourth-order valence-electron chi connectivity index (χ4n) is 5.07. The van der Waals surface area contributed by atoms with Crippen molar-refractivity contribution in [3.63, 3.8) is 0 Å². The third kappa shape index (κ3) is 33.7. The molecule has 44 heavy (non-hydrogen) atoms. The van der Waals surface area contributed by atoms with Crippen molar-refractivity contribution in [1.29, 1.82) is 0 Å². The molecule has 0 aliphatic carbocycles. The van der Waals surface area contributed by atoms with Crippen LogP contribution in [0, 0.1) is 0 Å². The van der Waals surface area contributed by atoms with E-state index in [-0.39, 0.29) is 19.4 Å². The van der Waals surface area contributed by atoms with E-state index < -0.39 is 32.5 Å². The molecule has 0 amide bonds. The van der Waals surface area contributed by atoms with E-state index in [9.17, 15) is 14.2 Å². The van der Waals surface area contributed by atoms with Crippen LogP contribution in [-0.2, 0) is 28.2 Å². The lowest BCUT2D eigenvalue weighted by atomic mass is 10.0. The van der Waals surface area contributed by atoms with Gasteiger partial charge in [0.2, 0.25) is 0 Å². The monoisotopic (exact) mass is 646 g/mol. The highest BCUT2D eigenvalue weighted by Crippen LogP contribution is 2.36. The average molecular weight is 647 g/mol. The Balaban J connectivity index is 3.98. The number of carbonyl (C=O) groups excluding carboxylic acids is 2. The maximum absolute atomic E-state index is 12.3. The minimum absolute atomic E-state index is 0.205. The van der Waals surface area contributed by atoms with Crippen molar-refractivity contribution in [1.82, 2.24) is 0 Å². The van der Waals surface area contributed by atoms with Gasteiger partial charge in [0.15, 0.2) is 6.10 Å². The quantitative estimate of drug-likeness (QED) is 0.0313. The predicted molar refractivity (Wildman–Crippen MR) is 179 cm³/mol. The summed E-state index contributed by atoms with van der Waals surface area (Å²) in [6.07, 6.45) is 32.1. The molecule has 1 atom stereocenters. The first-order valence-electron chi connectivity index (χ1n) is 18.0. The maximum atomic E-state index is 12.3. The van der Waals surface area contributed by atoms with E-state index in [1.807, 2.05) is 0 Å². The van der Waals surface area contributed by atoms with E-state index in [0.29, 0.717) is 6.42 Å². The standard InChI is InChI=1S/C35H67O8P/c1-3-5-7-9-11-13-15-17-19-21-23-25-27-29-34(36)41-31-33(32-42-44(38,39)40)43-35(37)30-28-26-24-22-20-18-16-14-12-10-8-6-4-2/h14,16,33H,3-13,15,17-32H2,1-2H3,(H2,38,39,40)/b16-14-. The zero-order valence-electron chi connectivity index (χ0n) is 28.3. The second kappa shape index (κ2) is 31.8. The lowest BCUT2D eigenvalue weighted by molar-refractivity contribution is -0.161. The Bertz CT molecular complexity index is 736. The summed E-state index contributed by atoms with van der Waals surface area (Å²) in [5.74, 6) is -0.889. The molecule has 0 aromatic rings. The molecule has 260 valence electrons. The topological polar surface area (TPSA) is 119 Å². The molecule has 2 N–H and O–H groups in total. The SMILES string of the molecule is CCCCCC/C=C\CCCCCCCC(=O)OC(COC(=O)CCCCCCCCCCCCCCC)COP(=O)(O)O. The van der Waals surface area contributed by atoms with Crippen molar-refractivity contribution in [2.24, 2.45) is 0 Å². The fraction of sp³-hybridized carbons (Fsp3) is 0.886. The van der Waals surface area contributed by atoms with Crippen LogP contribution >= 0.6 is 7.82 Å². The van der Waals surface area contributed by atoms with Gasteiger partial charge < -0.3 is 19.3 Å². The number of carbonyl (C=O) groups is 2. The molecule has 9 heteroatoms. The third-order valence-electron chi connectivity index (χ3n) is 7.78. The first-order valence-corrected chi connectivity index (χ1v) is 19.5. The van der Waals surface area contributed by atoms with Gasteiger partial charge in [-0.25, -0.2) is 4.57 Å². The van der Waals surface area contributed by atoms with Crippen LogP contribution in [0.15, 0.2) is 12.2 Å². The van der Waals surface area contributed by atoms with Gasteiger partial charge in [-0.3, -0.25) is 14.1 Å². The molecule has 0 aromatic carbocycles. The molecular formula is C35H67O8P. The Morgan fingerprint density at radius 1 is 0.568 bits per heavy atom. The van der Waals surface area contributed by atoms with Crippen LogP contribution in [0.5, 0.6) is 0 Å². The first kappa shape index (κ1) is 42.8. The zero-order valence-corrected chi connectivity index (χ0v) is 29.2. The van der Waals surface area contributed by atoms with Crippen LogP contribution < -0.4 is 0 Å². The molecule has 0 saturated heterocycles. The smallest absolute Gasteiger partial charge is 0.462 e. The number of hydrogen-bond acceptors (Lipinski definition) is 6. The normalized spacial score (nSPS) is 12.5. The van der Waals surface area contributed by atoms with Gasteiger partial charge in [0, 0.05) is 12.8 Å². The van der Waals surface area contributed by atoms with Crippen molar-refractivity contribution in [2.45, 2.75) is 187 Å². The van der Waals surface area contributed by atoms with Gasteiger partial charge >= 0.3 is 19.8 Å². The van der Waals surface area contributed by atoms with Crippen LogP contribution in [-0.4, -0.2) is 41.0 Å². The van der Waals surface area contributed by atoms with Crippen molar-refractivity contribution < 1.29 is 37.9 Å². The summed E-state index contributed by atoms with van der Waals surface area (Å²) in [4.78, 5) is 42.6. The lowest BCUT2D eigenvalue weighted by Gasteiger charge is -2.18. The number of allylic oxidation sites excluding steroid dienone is 2. The maximum Gasteiger partial charge on any atom is 0.469 e. The van der Waals surface area contributed by atoms with E-state index in [0.717, 1.165) is 51.4 Å². The molecule has 0 aliphatic heterocycles. The first-order chi connectivity index (χ1) is 21.3. The number of ether oxygens (including phenoxy) is 2. The number of phosphoric ester groups is 1. The lowest BCUT2D eigenvalue weighted by Crippen LogP contribution is -2.29. The second-order valence-corrected chi connectivity index (χ2v) is 13.4. The minimum Gasteiger partial charge on any atom is -0.462 e. The van der Waals surface area contributed by atoms with Crippen molar-refractivity contribution in [2.75, 3.05) is 13.2 Å². The summed E-state index contributed by atoms with van der Waals surface area (Å²) in [5, 5.41) is 0. The Morgan fingerprint density at radius 3 is 1.41 bits per heavy atom. The van der Waals surface area contributed by atoms with Crippen LogP contribution in [0.1, 0.15) is 181 Å². The second-order valence-electron chi connectivity index (χ2n) is 12.2. The highest BCUT2D eigenvalue weighted by Gasteiger charge is 2.22. The number of hydrogen-bond donors (Lipinski definition) is 2. The third-order valence-corrected chi connectivity index (χ3v) is 8.27. The number of unbranched alkanes of at least 4 members (excludes halogenated alkanes) is 21. The molecule has 0 spiro atoms. The molecule has 0 rings (SSSR count). The van der Waals surface area contributed by atoms with Gasteiger partial charge in [0.1, 0.15) is 6.61 Å². The van der Waals surface area contributed by atoms with Crippen LogP contribution in [0.25, 0.3) is 0 Å².